The number of nitrogens with one attached hydrogen (secondary N) is 1. The Morgan fingerprint density at radius 3 is 2.38 bits per heavy atom. The first kappa shape index (κ1) is 8.48. The lowest BCUT2D eigenvalue weighted by Crippen LogP contribution is -2.36. The normalized spacial score (nSPS) is 19.1. The first-order valence-corrected chi connectivity index (χ1v) is 4.84. The topological polar surface area (TPSA) is 46.2 Å². The van der Waals surface area contributed by atoms with Crippen LogP contribution in [0.4, 0.5) is 5.69 Å². The molecule has 1 N–H and O–H groups in total. The van der Waals surface area contributed by atoms with Gasteiger partial charge in [0, 0.05) is 12.1 Å². The molecule has 70 valence electrons. The van der Waals surface area contributed by atoms with Crippen molar-refractivity contribution >= 4 is 5.69 Å². The van der Waals surface area contributed by atoms with Crippen molar-refractivity contribution in [2.45, 2.75) is 38.1 Å². The molecule has 3 nitrogen and oxygen atoms in total. The van der Waals surface area contributed by atoms with E-state index in [-0.39, 0.29) is 10.9 Å². The second kappa shape index (κ2) is 3.32. The minimum atomic E-state index is -0.363. The van der Waals surface area contributed by atoms with E-state index in [1.807, 2.05) is 0 Å². The van der Waals surface area contributed by atoms with Gasteiger partial charge in [-0.05, 0) is 12.8 Å². The zero-order valence-corrected chi connectivity index (χ0v) is 7.51. The van der Waals surface area contributed by atoms with Gasteiger partial charge in [-0.2, -0.15) is 0 Å². The molecule has 0 radical (unpaired) electrons. The van der Waals surface area contributed by atoms with Crippen LogP contribution in [0.2, 0.25) is 0 Å². The number of rotatable bonds is 2. The van der Waals surface area contributed by atoms with Crippen molar-refractivity contribution in [3.05, 3.63) is 26.5 Å². The van der Waals surface area contributed by atoms with Crippen LogP contribution in [0.3, 0.4) is 0 Å². The van der Waals surface area contributed by atoms with Gasteiger partial charge in [-0.15, -0.1) is 0 Å². The van der Waals surface area contributed by atoms with Gasteiger partial charge in [0.15, 0.2) is 0 Å². The Balaban J connectivity index is 1.95. The highest BCUT2D eigenvalue weighted by Crippen LogP contribution is 2.19. The molecule has 1 aromatic carbocycles. The van der Waals surface area contributed by atoms with Crippen LogP contribution in [-0.2, 0) is 0 Å². The molecule has 0 spiro atoms. The summed E-state index contributed by atoms with van der Waals surface area (Å²) in [7, 11) is 0. The lowest BCUT2D eigenvalue weighted by Gasteiger charge is -2.23. The van der Waals surface area contributed by atoms with E-state index in [0.717, 1.165) is 12.8 Å². The third kappa shape index (κ3) is 1.64. The predicted molar refractivity (Wildman–Crippen MR) is 51.8 cm³/mol. The van der Waals surface area contributed by atoms with E-state index >= 15 is 0 Å². The molecular weight excluding hydrogens is 166 g/mol. The van der Waals surface area contributed by atoms with E-state index in [2.05, 4.69) is 5.32 Å². The molecule has 1 aliphatic rings. The molecule has 0 unspecified atom stereocenters. The van der Waals surface area contributed by atoms with E-state index in [0.29, 0.717) is 11.7 Å². The van der Waals surface area contributed by atoms with E-state index in [4.69, 9.17) is 0 Å². The molecule has 2 rings (SSSR count). The quantitative estimate of drug-likeness (QED) is 0.690. The first-order valence-electron chi connectivity index (χ1n) is 4.84. The summed E-state index contributed by atoms with van der Waals surface area (Å²) in [6.07, 6.45) is 6.00. The summed E-state index contributed by atoms with van der Waals surface area (Å²) in [5, 5.41) is 3.13. The third-order valence-corrected chi connectivity index (χ3v) is 2.71. The fraction of sp³-hybridized carbons (Fsp3) is 0.600. The van der Waals surface area contributed by atoms with Crippen LogP contribution < -0.4 is 16.2 Å². The molecule has 1 aromatic rings. The summed E-state index contributed by atoms with van der Waals surface area (Å²) in [5.41, 5.74) is -0.180. The molecule has 0 saturated heterocycles. The molecule has 0 heterocycles. The average molecular weight is 179 g/mol. The van der Waals surface area contributed by atoms with Gasteiger partial charge in [0.05, 0.1) is 5.69 Å². The Labute approximate surface area is 76.5 Å². The summed E-state index contributed by atoms with van der Waals surface area (Å²) in [4.78, 5) is 21.6. The van der Waals surface area contributed by atoms with Crippen molar-refractivity contribution in [3.63, 3.8) is 0 Å². The lowest BCUT2D eigenvalue weighted by molar-refractivity contribution is 0.462. The van der Waals surface area contributed by atoms with Crippen LogP contribution in [0.25, 0.3) is 0 Å². The molecule has 0 aromatic heterocycles. The van der Waals surface area contributed by atoms with Gasteiger partial charge >= 0.3 is 0 Å². The Bertz CT molecular complexity index is 357. The zero-order chi connectivity index (χ0) is 9.26. The minimum absolute atomic E-state index is 0.342. The van der Waals surface area contributed by atoms with Gasteiger partial charge in [0.25, 0.3) is 0 Å². The van der Waals surface area contributed by atoms with Crippen LogP contribution in [0.5, 0.6) is 0 Å². The maximum absolute atomic E-state index is 11.0. The highest BCUT2D eigenvalue weighted by molar-refractivity contribution is 5.47. The van der Waals surface area contributed by atoms with Crippen LogP contribution in [0, 0.1) is 0 Å². The Hall–Kier alpha value is -1.12. The smallest absolute Gasteiger partial charge is 0.248 e. The van der Waals surface area contributed by atoms with Crippen LogP contribution >= 0.6 is 0 Å². The molecular formula is C10H13NO2. The van der Waals surface area contributed by atoms with Crippen molar-refractivity contribution in [3.8, 4) is 0 Å². The predicted octanol–water partition coefficient (Wildman–Crippen LogP) is 1.03. The maximum Gasteiger partial charge on any atom is 0.248 e. The highest BCUT2D eigenvalue weighted by atomic mass is 16.2. The molecule has 1 saturated carbocycles. The van der Waals surface area contributed by atoms with Gasteiger partial charge in [-0.3, -0.25) is 9.59 Å². The fourth-order valence-corrected chi connectivity index (χ4v) is 1.89. The standard InChI is InChI=1S/C10H13NO2/c12-9-6-8(10(9)13)11-7-4-2-1-3-5-7/h6-7,11H,1-5H2. The lowest BCUT2D eigenvalue weighted by atomic mass is 9.95. The average Bonchev–Trinajstić information content (AvgIpc) is 2.19. The summed E-state index contributed by atoms with van der Waals surface area (Å²) in [5.74, 6) is 0. The van der Waals surface area contributed by atoms with Gasteiger partial charge in [-0.25, -0.2) is 0 Å². The fourth-order valence-electron chi connectivity index (χ4n) is 1.89. The third-order valence-electron chi connectivity index (χ3n) is 2.71. The highest BCUT2D eigenvalue weighted by Gasteiger charge is 2.16. The molecule has 3 heteroatoms. The van der Waals surface area contributed by atoms with Gasteiger partial charge in [0.1, 0.15) is 0 Å². The van der Waals surface area contributed by atoms with Crippen molar-refractivity contribution in [1.82, 2.24) is 0 Å². The second-order valence-corrected chi connectivity index (χ2v) is 3.73. The number of hydrogen-bond acceptors (Lipinski definition) is 3. The Morgan fingerprint density at radius 1 is 1.15 bits per heavy atom. The van der Waals surface area contributed by atoms with E-state index in [1.54, 1.807) is 0 Å². The second-order valence-electron chi connectivity index (χ2n) is 3.73. The summed E-state index contributed by atoms with van der Waals surface area (Å²) in [6.45, 7) is 0. The minimum Gasteiger partial charge on any atom is -0.379 e. The molecule has 13 heavy (non-hydrogen) atoms. The Kier molecular flexibility index (Phi) is 2.17. The van der Waals surface area contributed by atoms with Crippen LogP contribution in [0.1, 0.15) is 32.1 Å². The van der Waals surface area contributed by atoms with Crippen molar-refractivity contribution in [1.29, 1.82) is 0 Å². The van der Waals surface area contributed by atoms with Gasteiger partial charge in [0.2, 0.25) is 10.9 Å². The van der Waals surface area contributed by atoms with Crippen molar-refractivity contribution in [2.75, 3.05) is 5.32 Å². The zero-order valence-electron chi connectivity index (χ0n) is 7.51. The Morgan fingerprint density at radius 2 is 1.85 bits per heavy atom. The van der Waals surface area contributed by atoms with Crippen LogP contribution in [-0.4, -0.2) is 6.04 Å². The molecule has 1 aliphatic carbocycles. The van der Waals surface area contributed by atoms with E-state index in [9.17, 15) is 9.59 Å². The van der Waals surface area contributed by atoms with E-state index < -0.39 is 0 Å². The first-order chi connectivity index (χ1) is 6.27. The summed E-state index contributed by atoms with van der Waals surface area (Å²) < 4.78 is 0. The van der Waals surface area contributed by atoms with Gasteiger partial charge in [-0.1, -0.05) is 19.3 Å². The molecule has 0 amide bonds. The maximum atomic E-state index is 11.0. The summed E-state index contributed by atoms with van der Waals surface area (Å²) in [6, 6.07) is 1.81. The molecule has 0 aliphatic heterocycles. The van der Waals surface area contributed by atoms with Crippen molar-refractivity contribution < 1.29 is 0 Å². The number of hydrogen-bond donors (Lipinski definition) is 1. The molecule has 0 atom stereocenters. The molecule has 1 fully saturated rings. The monoisotopic (exact) mass is 179 g/mol. The van der Waals surface area contributed by atoms with Crippen LogP contribution in [0.15, 0.2) is 15.7 Å². The SMILES string of the molecule is O=c1cc(NC2CCCCC2)c1=O. The van der Waals surface area contributed by atoms with Crippen molar-refractivity contribution in [2.24, 2.45) is 0 Å². The van der Waals surface area contributed by atoms with Gasteiger partial charge < -0.3 is 5.32 Å². The largest absolute Gasteiger partial charge is 0.379 e. The molecule has 0 bridgehead atoms. The number of anilines is 1. The van der Waals surface area contributed by atoms with E-state index in [1.165, 1.54) is 25.3 Å². The summed E-state index contributed by atoms with van der Waals surface area (Å²) >= 11 is 0.